The zero-order valence-corrected chi connectivity index (χ0v) is 17.1. The highest BCUT2D eigenvalue weighted by Crippen LogP contribution is 2.24. The van der Waals surface area contributed by atoms with Crippen LogP contribution in [-0.4, -0.2) is 40.9 Å². The third-order valence-corrected chi connectivity index (χ3v) is 8.19. The first-order valence-corrected chi connectivity index (χ1v) is 15.1. The molecule has 0 radical (unpaired) electrons. The fraction of sp³-hybridized carbons (Fsp3) is 0.647. The lowest BCUT2D eigenvalue weighted by molar-refractivity contribution is 0.266. The second kappa shape index (κ2) is 8.29. The van der Waals surface area contributed by atoms with Gasteiger partial charge in [0, 0.05) is 12.2 Å². The molecule has 1 fully saturated rings. The smallest absolute Gasteiger partial charge is 0.170 e. The second-order valence-electron chi connectivity index (χ2n) is 7.83. The molecular weight excluding hydrogens is 306 g/mol. The van der Waals surface area contributed by atoms with Crippen LogP contribution in [0.2, 0.25) is 39.3 Å². The van der Waals surface area contributed by atoms with Crippen molar-refractivity contribution in [1.29, 1.82) is 0 Å². The topological polar surface area (TPSA) is 32.7 Å². The van der Waals surface area contributed by atoms with Crippen LogP contribution in [0.5, 0.6) is 0 Å². The highest BCUT2D eigenvalue weighted by Gasteiger charge is 2.24. The first-order valence-electron chi connectivity index (χ1n) is 8.25. The van der Waals surface area contributed by atoms with Crippen molar-refractivity contribution >= 4 is 22.3 Å². The average Bonchev–Trinajstić information content (AvgIpc) is 2.84. The van der Waals surface area contributed by atoms with Crippen molar-refractivity contribution in [2.75, 3.05) is 18.1 Å². The van der Waals surface area contributed by atoms with Crippen LogP contribution in [-0.2, 0) is 4.12 Å². The molecule has 1 N–H and O–H groups in total. The Bertz CT molecular complexity index is 415. The van der Waals surface area contributed by atoms with Crippen LogP contribution in [0.25, 0.3) is 0 Å². The monoisotopic (exact) mass is 339 g/mol. The summed E-state index contributed by atoms with van der Waals surface area (Å²) in [5.41, 5.74) is 1.24. The third kappa shape index (κ3) is 7.58. The minimum atomic E-state index is -1.23. The summed E-state index contributed by atoms with van der Waals surface area (Å²) in [4.78, 5) is 2.29. The van der Waals surface area contributed by atoms with Crippen LogP contribution in [0, 0.1) is 0 Å². The van der Waals surface area contributed by atoms with Gasteiger partial charge in [-0.05, 0) is 64.3 Å². The number of aliphatic hydroxyl groups is 1. The van der Waals surface area contributed by atoms with Gasteiger partial charge in [-0.1, -0.05) is 18.2 Å². The summed E-state index contributed by atoms with van der Waals surface area (Å²) in [5, 5.41) is 9.16. The van der Waals surface area contributed by atoms with Crippen molar-refractivity contribution in [3.63, 3.8) is 0 Å². The number of aliphatic hydroxyl groups excluding tert-OH is 1. The number of hydrogen-bond acceptors (Lipinski definition) is 3. The predicted molar refractivity (Wildman–Crippen MR) is 102 cm³/mol. The standard InChI is InChI=1S/C11H15NO.C6H18OSi2/c13-9-11-7-4-8-12(11)10-5-2-1-3-6-10;1-8(2,3)7-9(4,5)6/h1-3,5-6,11,13H,4,7-9H2;1-6H3/t11-;/m0./s1. The first kappa shape index (κ1) is 19.4. The number of nitrogens with zero attached hydrogens (tertiary/aromatic N) is 1. The van der Waals surface area contributed by atoms with Crippen LogP contribution in [0.15, 0.2) is 30.3 Å². The maximum Gasteiger partial charge on any atom is 0.170 e. The molecule has 1 atom stereocenters. The Balaban J connectivity index is 0.000000239. The molecule has 3 nitrogen and oxygen atoms in total. The highest BCUT2D eigenvalue weighted by molar-refractivity contribution is 6.83. The van der Waals surface area contributed by atoms with Crippen molar-refractivity contribution in [1.82, 2.24) is 0 Å². The number of anilines is 1. The van der Waals surface area contributed by atoms with E-state index in [4.69, 9.17) is 9.22 Å². The summed E-state index contributed by atoms with van der Waals surface area (Å²) in [6.07, 6.45) is 2.31. The van der Waals surface area contributed by atoms with Gasteiger partial charge in [-0.3, -0.25) is 0 Å². The molecule has 0 aliphatic carbocycles. The highest BCUT2D eigenvalue weighted by atomic mass is 28.4. The largest absolute Gasteiger partial charge is 0.456 e. The Morgan fingerprint density at radius 3 is 2.00 bits per heavy atom. The minimum absolute atomic E-state index is 0.273. The average molecular weight is 340 g/mol. The predicted octanol–water partition coefficient (Wildman–Crippen LogP) is 4.32. The molecule has 1 aromatic rings. The summed E-state index contributed by atoms with van der Waals surface area (Å²) >= 11 is 0. The molecular formula is C17H33NO2Si2. The van der Waals surface area contributed by atoms with Gasteiger partial charge in [0.25, 0.3) is 0 Å². The molecule has 0 unspecified atom stereocenters. The summed E-state index contributed by atoms with van der Waals surface area (Å²) in [6.45, 7) is 14.8. The van der Waals surface area contributed by atoms with E-state index >= 15 is 0 Å². The van der Waals surface area contributed by atoms with E-state index in [1.165, 1.54) is 12.1 Å². The molecule has 1 aromatic carbocycles. The summed E-state index contributed by atoms with van der Waals surface area (Å²) in [6, 6.07) is 10.7. The lowest BCUT2D eigenvalue weighted by Gasteiger charge is -2.27. The molecule has 0 bridgehead atoms. The molecule has 22 heavy (non-hydrogen) atoms. The third-order valence-electron chi connectivity index (χ3n) is 3.29. The molecule has 1 heterocycles. The molecule has 0 spiro atoms. The lowest BCUT2D eigenvalue weighted by atomic mass is 10.2. The quantitative estimate of drug-likeness (QED) is 0.829. The molecule has 126 valence electrons. The van der Waals surface area contributed by atoms with Crippen molar-refractivity contribution in [3.8, 4) is 0 Å². The van der Waals surface area contributed by atoms with Crippen LogP contribution in [0.4, 0.5) is 5.69 Å². The molecule has 0 amide bonds. The Kier molecular flexibility index (Phi) is 7.32. The van der Waals surface area contributed by atoms with E-state index in [9.17, 15) is 0 Å². The van der Waals surface area contributed by atoms with Gasteiger partial charge in [0.05, 0.1) is 12.6 Å². The first-order chi connectivity index (χ1) is 10.1. The van der Waals surface area contributed by atoms with Gasteiger partial charge in [-0.15, -0.1) is 0 Å². The van der Waals surface area contributed by atoms with Crippen molar-refractivity contribution in [2.24, 2.45) is 0 Å². The number of para-hydroxylation sites is 1. The minimum Gasteiger partial charge on any atom is -0.456 e. The number of hydrogen-bond donors (Lipinski definition) is 1. The molecule has 0 saturated carbocycles. The zero-order valence-electron chi connectivity index (χ0n) is 15.1. The Labute approximate surface area is 138 Å². The number of benzene rings is 1. The normalized spacial score (nSPS) is 18.9. The van der Waals surface area contributed by atoms with E-state index in [1.54, 1.807) is 0 Å². The Morgan fingerprint density at radius 2 is 1.59 bits per heavy atom. The van der Waals surface area contributed by atoms with Gasteiger partial charge in [0.2, 0.25) is 0 Å². The lowest BCUT2D eigenvalue weighted by Crippen LogP contribution is -2.39. The van der Waals surface area contributed by atoms with Crippen molar-refractivity contribution in [3.05, 3.63) is 30.3 Å². The van der Waals surface area contributed by atoms with Gasteiger partial charge in [0.1, 0.15) is 0 Å². The summed E-state index contributed by atoms with van der Waals surface area (Å²) in [7, 11) is -2.46. The SMILES string of the molecule is C[Si](C)(C)O[Si](C)(C)C.OC[C@@H]1CCCN1c1ccccc1. The van der Waals surface area contributed by atoms with E-state index in [2.05, 4.69) is 56.3 Å². The fourth-order valence-corrected chi connectivity index (χ4v) is 10.3. The van der Waals surface area contributed by atoms with Crippen molar-refractivity contribution < 1.29 is 9.22 Å². The molecule has 1 aliphatic heterocycles. The zero-order chi connectivity index (χ0) is 16.8. The van der Waals surface area contributed by atoms with Crippen LogP contribution in [0.1, 0.15) is 12.8 Å². The molecule has 0 aromatic heterocycles. The van der Waals surface area contributed by atoms with E-state index in [1.807, 2.05) is 18.2 Å². The van der Waals surface area contributed by atoms with Crippen molar-refractivity contribution in [2.45, 2.75) is 58.2 Å². The van der Waals surface area contributed by atoms with E-state index < -0.39 is 16.6 Å². The summed E-state index contributed by atoms with van der Waals surface area (Å²) < 4.78 is 5.90. The van der Waals surface area contributed by atoms with Gasteiger partial charge < -0.3 is 14.1 Å². The van der Waals surface area contributed by atoms with Gasteiger partial charge >= 0.3 is 0 Å². The molecule has 2 rings (SSSR count). The summed E-state index contributed by atoms with van der Waals surface area (Å²) in [5.74, 6) is 0. The Hall–Kier alpha value is -0.626. The fourth-order valence-electron chi connectivity index (χ4n) is 2.90. The van der Waals surface area contributed by atoms with Gasteiger partial charge in [-0.25, -0.2) is 0 Å². The van der Waals surface area contributed by atoms with Gasteiger partial charge in [0.15, 0.2) is 16.6 Å². The van der Waals surface area contributed by atoms with Crippen LogP contribution < -0.4 is 4.90 Å². The van der Waals surface area contributed by atoms with Gasteiger partial charge in [-0.2, -0.15) is 0 Å². The van der Waals surface area contributed by atoms with E-state index in [-0.39, 0.29) is 6.61 Å². The maximum atomic E-state index is 9.16. The molecule has 5 heteroatoms. The number of rotatable bonds is 4. The van der Waals surface area contributed by atoms with E-state index in [0.29, 0.717) is 6.04 Å². The Morgan fingerprint density at radius 1 is 1.05 bits per heavy atom. The van der Waals surface area contributed by atoms with E-state index in [0.717, 1.165) is 13.0 Å². The molecule has 1 saturated heterocycles. The van der Waals surface area contributed by atoms with Crippen LogP contribution >= 0.6 is 0 Å². The second-order valence-corrected chi connectivity index (χ2v) is 17.1. The van der Waals surface area contributed by atoms with Crippen LogP contribution in [0.3, 0.4) is 0 Å². The molecule has 1 aliphatic rings. The maximum absolute atomic E-state index is 9.16.